The number of rotatable bonds is 4. The van der Waals surface area contributed by atoms with Gasteiger partial charge in [-0.1, -0.05) is 217 Å². The van der Waals surface area contributed by atoms with Crippen molar-refractivity contribution < 1.29 is 20.8 Å². The Balaban J connectivity index is 0.000000171. The van der Waals surface area contributed by atoms with Crippen molar-refractivity contribution in [2.45, 2.75) is 144 Å². The van der Waals surface area contributed by atoms with E-state index in [2.05, 4.69) is 250 Å². The summed E-state index contributed by atoms with van der Waals surface area (Å²) < 4.78 is 0. The van der Waals surface area contributed by atoms with Gasteiger partial charge in [0.05, 0.1) is 9.52 Å². The molecular weight excluding hydrogens is 959 g/mol. The Bertz CT molecular complexity index is 2760. The molecule has 8 aromatic rings. The van der Waals surface area contributed by atoms with E-state index in [-0.39, 0.29) is 21.7 Å². The Kier molecular flexibility index (Phi) is 17.1. The van der Waals surface area contributed by atoms with Crippen molar-refractivity contribution in [2.75, 3.05) is 0 Å². The van der Waals surface area contributed by atoms with Gasteiger partial charge in [0.15, 0.2) is 0 Å². The van der Waals surface area contributed by atoms with Crippen LogP contribution in [0.15, 0.2) is 140 Å². The predicted molar refractivity (Wildman–Crippen MR) is 300 cm³/mol. The number of halogens is 2. The van der Waals surface area contributed by atoms with E-state index in [1.165, 1.54) is 98.7 Å². The molecule has 2 radical (unpaired) electrons. The largest absolute Gasteiger partial charge is 0.184 e. The fourth-order valence-corrected chi connectivity index (χ4v) is 10.8. The van der Waals surface area contributed by atoms with Crippen molar-refractivity contribution in [2.24, 2.45) is 0 Å². The van der Waals surface area contributed by atoms with Crippen LogP contribution in [0.25, 0.3) is 54.9 Å². The van der Waals surface area contributed by atoms with Crippen molar-refractivity contribution in [1.82, 2.24) is 0 Å². The molecule has 0 aromatic heterocycles. The Hall–Kier alpha value is -3.78. The van der Waals surface area contributed by atoms with Gasteiger partial charge in [-0.2, -0.15) is 41.6 Å². The van der Waals surface area contributed by atoms with Gasteiger partial charge in [-0.05, 0) is 55.7 Å². The Morgan fingerprint density at radius 3 is 1.25 bits per heavy atom. The van der Waals surface area contributed by atoms with E-state index in [0.717, 1.165) is 9.52 Å². The van der Waals surface area contributed by atoms with Crippen molar-refractivity contribution in [3.63, 3.8) is 0 Å². The molecule has 0 N–H and O–H groups in total. The zero-order chi connectivity index (χ0) is 49.9. The standard InChI is InChI=1S/2C26H33.C12H7Si.2ClH.Zr/c2*1-17(2)20-11-9-10-12-21(20)24-22-16-19(25(3,4)5)15-18(22)13-14-23(24)26(6,7)8;1-3-7-11-9(5-1)10-6-2-4-8-12(10)13-11;;;/h2*9-17H,1-8H3;1-7H;2*1H;/q3*-1;;;+2/p-2. The first-order valence-electron chi connectivity index (χ1n) is 24.4. The maximum Gasteiger partial charge on any atom is 0.0920 e. The van der Waals surface area contributed by atoms with E-state index >= 15 is 0 Å². The molecule has 0 atom stereocenters. The van der Waals surface area contributed by atoms with Crippen LogP contribution in [0.4, 0.5) is 0 Å². The van der Waals surface area contributed by atoms with E-state index in [1.807, 2.05) is 6.07 Å². The molecule has 354 valence electrons. The molecule has 0 saturated carbocycles. The fraction of sp³-hybridized carbons (Fsp3) is 0.344. The van der Waals surface area contributed by atoms with Crippen molar-refractivity contribution >= 4 is 58.5 Å². The third-order valence-corrected chi connectivity index (χ3v) is 14.5. The number of hydrogen-bond donors (Lipinski definition) is 0. The quantitative estimate of drug-likeness (QED) is 0.122. The average molecular weight is 1030 g/mol. The molecule has 1 aliphatic heterocycles. The Morgan fingerprint density at radius 2 is 0.853 bits per heavy atom. The molecule has 68 heavy (non-hydrogen) atoms. The minimum absolute atomic E-state index is 0.104. The second kappa shape index (κ2) is 21.7. The summed E-state index contributed by atoms with van der Waals surface area (Å²) in [6.45, 7) is 36.9. The molecule has 0 unspecified atom stereocenters. The molecule has 0 fully saturated rings. The molecule has 0 bridgehead atoms. The van der Waals surface area contributed by atoms with E-state index in [9.17, 15) is 0 Å². The summed E-state index contributed by atoms with van der Waals surface area (Å²) >= 11 is -0.826. The van der Waals surface area contributed by atoms with E-state index in [4.69, 9.17) is 17.0 Å². The van der Waals surface area contributed by atoms with Crippen LogP contribution < -0.4 is 10.4 Å². The SMILES string of the molecule is CC(C)c1ccccc1-c1c(C(C)(C)C)ccc2[cH-]c(C(C)(C)C)cc12.CC(C)c1ccccc1-c1c(C(C)(C)C)ccc2[cH-]c(C(C)(C)C)cc12.[Cl][Zr][Cl].[c-]1cccc2c1[Si]c1ccccc1-2. The smallest absolute Gasteiger partial charge is 0.0920 e. The Morgan fingerprint density at radius 1 is 0.471 bits per heavy atom. The van der Waals surface area contributed by atoms with Gasteiger partial charge in [0.25, 0.3) is 0 Å². The maximum absolute atomic E-state index is 4.93. The molecule has 1 aliphatic rings. The minimum atomic E-state index is -0.826. The topological polar surface area (TPSA) is 0 Å². The van der Waals surface area contributed by atoms with Crippen LogP contribution in [-0.2, 0) is 42.5 Å². The molecule has 0 nitrogen and oxygen atoms in total. The summed E-state index contributed by atoms with van der Waals surface area (Å²) in [6.07, 6.45) is 0. The molecule has 8 aromatic carbocycles. The fourth-order valence-electron chi connectivity index (χ4n) is 9.44. The third kappa shape index (κ3) is 12.2. The molecule has 0 aliphatic carbocycles. The predicted octanol–water partition coefficient (Wildman–Crippen LogP) is 18.4. The van der Waals surface area contributed by atoms with Crippen LogP contribution in [0, 0.1) is 6.07 Å². The van der Waals surface area contributed by atoms with Gasteiger partial charge in [0, 0.05) is 0 Å². The summed E-state index contributed by atoms with van der Waals surface area (Å²) in [6, 6.07) is 55.0. The molecule has 0 spiro atoms. The summed E-state index contributed by atoms with van der Waals surface area (Å²) in [5.74, 6) is 1.01. The van der Waals surface area contributed by atoms with Gasteiger partial charge in [0.1, 0.15) is 0 Å². The third-order valence-electron chi connectivity index (χ3n) is 13.2. The van der Waals surface area contributed by atoms with E-state index < -0.39 is 20.8 Å². The van der Waals surface area contributed by atoms with Crippen molar-refractivity contribution in [3.8, 4) is 33.4 Å². The van der Waals surface area contributed by atoms with Crippen LogP contribution in [-0.4, -0.2) is 9.52 Å². The zero-order valence-electron chi connectivity index (χ0n) is 43.7. The average Bonchev–Trinajstić information content (AvgIpc) is 4.02. The first kappa shape index (κ1) is 53.6. The van der Waals surface area contributed by atoms with Crippen LogP contribution in [0.1, 0.15) is 156 Å². The van der Waals surface area contributed by atoms with Gasteiger partial charge in [0.2, 0.25) is 0 Å². The Labute approximate surface area is 432 Å². The second-order valence-electron chi connectivity index (χ2n) is 23.2. The van der Waals surface area contributed by atoms with Gasteiger partial charge in [-0.3, -0.25) is 0 Å². The van der Waals surface area contributed by atoms with Gasteiger partial charge >= 0.3 is 37.9 Å². The van der Waals surface area contributed by atoms with Crippen LogP contribution in [0.2, 0.25) is 0 Å². The van der Waals surface area contributed by atoms with Crippen LogP contribution >= 0.6 is 17.0 Å². The summed E-state index contributed by atoms with van der Waals surface area (Å²) in [5, 5.41) is 8.34. The second-order valence-corrected chi connectivity index (χ2v) is 28.2. The molecular formula is C64H73Cl2SiZr-3. The van der Waals surface area contributed by atoms with E-state index in [0.29, 0.717) is 11.8 Å². The van der Waals surface area contributed by atoms with Crippen LogP contribution in [0.5, 0.6) is 0 Å². The summed E-state index contributed by atoms with van der Waals surface area (Å²) in [4.78, 5) is 0. The van der Waals surface area contributed by atoms with Crippen LogP contribution in [0.3, 0.4) is 0 Å². The number of hydrogen-bond acceptors (Lipinski definition) is 0. The van der Waals surface area contributed by atoms with Gasteiger partial charge in [-0.25, -0.2) is 0 Å². The molecule has 0 amide bonds. The van der Waals surface area contributed by atoms with Gasteiger partial charge in [-0.15, -0.1) is 74.6 Å². The number of fused-ring (bicyclic) bond motifs is 5. The molecule has 4 heteroatoms. The molecule has 9 rings (SSSR count). The summed E-state index contributed by atoms with van der Waals surface area (Å²) in [5.41, 5.74) is 17.5. The first-order chi connectivity index (χ1) is 31.9. The zero-order valence-corrected chi connectivity index (χ0v) is 48.7. The normalized spacial score (nSPS) is 12.5. The van der Waals surface area contributed by atoms with Crippen molar-refractivity contribution in [1.29, 1.82) is 0 Å². The molecule has 1 heterocycles. The minimum Gasteiger partial charge on any atom is -0.184 e. The maximum atomic E-state index is 4.93. The monoisotopic (exact) mass is 1030 g/mol. The van der Waals surface area contributed by atoms with E-state index in [1.54, 1.807) is 0 Å². The summed E-state index contributed by atoms with van der Waals surface area (Å²) in [7, 11) is 10.7. The van der Waals surface area contributed by atoms with Gasteiger partial charge < -0.3 is 0 Å². The molecule has 0 saturated heterocycles. The first-order valence-corrected chi connectivity index (χ1v) is 31.7. The number of benzene rings is 6. The van der Waals surface area contributed by atoms with Crippen molar-refractivity contribution in [3.05, 3.63) is 179 Å².